The monoisotopic (exact) mass is 235 g/mol. The van der Waals surface area contributed by atoms with Gasteiger partial charge in [0.05, 0.1) is 0 Å². The second kappa shape index (κ2) is 8.24. The van der Waals surface area contributed by atoms with Crippen LogP contribution in [0.2, 0.25) is 0 Å². The Morgan fingerprint density at radius 1 is 1.33 bits per heavy atom. The van der Waals surface area contributed by atoms with Gasteiger partial charge < -0.3 is 19.2 Å². The molecule has 0 bridgehead atoms. The molecule has 0 fully saturated rings. The van der Waals surface area contributed by atoms with Gasteiger partial charge in [0.15, 0.2) is 10.5 Å². The maximum atomic E-state index is 5.37. The van der Waals surface area contributed by atoms with Crippen molar-refractivity contribution in [2.24, 2.45) is 5.92 Å². The van der Waals surface area contributed by atoms with Gasteiger partial charge >= 0.3 is 0 Å². The van der Waals surface area contributed by atoms with Crippen LogP contribution in [0.1, 0.15) is 26.7 Å². The number of hydrogen-bond acceptors (Lipinski definition) is 4. The molecule has 0 heterocycles. The summed E-state index contributed by atoms with van der Waals surface area (Å²) in [4.78, 5) is 0. The molecule has 0 aromatic heterocycles. The molecule has 15 heavy (non-hydrogen) atoms. The SMILES string of the molecule is CCNCC(C)CCC(OC)(OC)O[SiH3]. The quantitative estimate of drug-likeness (QED) is 0.459. The van der Waals surface area contributed by atoms with E-state index in [1.54, 1.807) is 14.2 Å². The molecule has 0 amide bonds. The summed E-state index contributed by atoms with van der Waals surface area (Å²) >= 11 is 0. The number of methoxy groups -OCH3 is 2. The number of hydrogen-bond donors (Lipinski definition) is 1. The van der Waals surface area contributed by atoms with Gasteiger partial charge in [0.2, 0.25) is 0 Å². The lowest BCUT2D eigenvalue weighted by Gasteiger charge is -2.30. The largest absolute Gasteiger partial charge is 0.380 e. The average Bonchev–Trinajstić information content (AvgIpc) is 2.29. The Kier molecular flexibility index (Phi) is 8.27. The van der Waals surface area contributed by atoms with Crippen LogP contribution in [0.5, 0.6) is 0 Å². The van der Waals surface area contributed by atoms with Crippen LogP contribution in [0.25, 0.3) is 0 Å². The minimum Gasteiger partial charge on any atom is -0.380 e. The Bertz CT molecular complexity index is 145. The molecule has 1 atom stereocenters. The second-order valence-corrected chi connectivity index (χ2v) is 4.16. The predicted octanol–water partition coefficient (Wildman–Crippen LogP) is 0.256. The molecule has 0 aliphatic rings. The molecular weight excluding hydrogens is 210 g/mol. The molecule has 0 aliphatic heterocycles. The third kappa shape index (κ3) is 5.63. The summed E-state index contributed by atoms with van der Waals surface area (Å²) in [5, 5.41) is 3.32. The third-order valence-electron chi connectivity index (χ3n) is 2.62. The van der Waals surface area contributed by atoms with Crippen LogP contribution in [-0.4, -0.2) is 43.8 Å². The molecule has 0 spiro atoms. The van der Waals surface area contributed by atoms with E-state index >= 15 is 0 Å². The van der Waals surface area contributed by atoms with Crippen LogP contribution in [0.4, 0.5) is 0 Å². The highest BCUT2D eigenvalue weighted by Crippen LogP contribution is 2.21. The molecule has 4 nitrogen and oxygen atoms in total. The van der Waals surface area contributed by atoms with Gasteiger partial charge in [0, 0.05) is 20.6 Å². The highest BCUT2D eigenvalue weighted by atomic mass is 28.2. The number of rotatable bonds is 9. The normalized spacial score (nSPS) is 14.4. The molecule has 92 valence electrons. The Labute approximate surface area is 96.2 Å². The minimum absolute atomic E-state index is 0.603. The van der Waals surface area contributed by atoms with Gasteiger partial charge in [0.25, 0.3) is 5.97 Å². The van der Waals surface area contributed by atoms with Crippen molar-refractivity contribution >= 4 is 10.5 Å². The van der Waals surface area contributed by atoms with Gasteiger partial charge in [-0.3, -0.25) is 0 Å². The van der Waals surface area contributed by atoms with Crippen molar-refractivity contribution in [1.82, 2.24) is 5.32 Å². The van der Waals surface area contributed by atoms with Gasteiger partial charge in [0.1, 0.15) is 0 Å². The fraction of sp³-hybridized carbons (Fsp3) is 1.00. The molecule has 0 aromatic rings. The fourth-order valence-corrected chi connectivity index (χ4v) is 2.01. The maximum absolute atomic E-state index is 5.37. The minimum atomic E-state index is -0.813. The van der Waals surface area contributed by atoms with E-state index in [1.807, 2.05) is 0 Å². The third-order valence-corrected chi connectivity index (χ3v) is 3.24. The van der Waals surface area contributed by atoms with Gasteiger partial charge in [-0.15, -0.1) is 0 Å². The van der Waals surface area contributed by atoms with Crippen LogP contribution in [0, 0.1) is 5.92 Å². The zero-order valence-electron chi connectivity index (χ0n) is 10.6. The van der Waals surface area contributed by atoms with E-state index in [0.717, 1.165) is 25.9 Å². The van der Waals surface area contributed by atoms with E-state index in [2.05, 4.69) is 19.2 Å². The maximum Gasteiger partial charge on any atom is 0.272 e. The van der Waals surface area contributed by atoms with Crippen molar-refractivity contribution in [2.45, 2.75) is 32.7 Å². The summed E-state index contributed by atoms with van der Waals surface area (Å²) in [6, 6.07) is 0. The van der Waals surface area contributed by atoms with Crippen molar-refractivity contribution < 1.29 is 13.9 Å². The Balaban J connectivity index is 3.88. The molecule has 0 saturated carbocycles. The molecule has 5 heteroatoms. The molecule has 0 saturated heterocycles. The van der Waals surface area contributed by atoms with Gasteiger partial charge in [-0.25, -0.2) is 0 Å². The van der Waals surface area contributed by atoms with Crippen LogP contribution in [-0.2, 0) is 13.9 Å². The Hall–Kier alpha value is 0.0569. The van der Waals surface area contributed by atoms with Crippen LogP contribution in [0.3, 0.4) is 0 Å². The summed E-state index contributed by atoms with van der Waals surface area (Å²) in [6.07, 6.45) is 1.80. The lowest BCUT2D eigenvalue weighted by molar-refractivity contribution is -0.325. The zero-order valence-corrected chi connectivity index (χ0v) is 12.6. The van der Waals surface area contributed by atoms with Crippen LogP contribution >= 0.6 is 0 Å². The first-order valence-electron chi connectivity index (χ1n) is 5.50. The van der Waals surface area contributed by atoms with Crippen molar-refractivity contribution in [3.05, 3.63) is 0 Å². The highest BCUT2D eigenvalue weighted by Gasteiger charge is 2.28. The van der Waals surface area contributed by atoms with Crippen molar-refractivity contribution in [3.8, 4) is 0 Å². The van der Waals surface area contributed by atoms with E-state index in [-0.39, 0.29) is 0 Å². The van der Waals surface area contributed by atoms with E-state index in [4.69, 9.17) is 13.9 Å². The summed E-state index contributed by atoms with van der Waals surface area (Å²) in [5.41, 5.74) is 0. The second-order valence-electron chi connectivity index (χ2n) is 3.75. The molecule has 1 N–H and O–H groups in total. The lowest BCUT2D eigenvalue weighted by Crippen LogP contribution is -2.37. The Morgan fingerprint density at radius 3 is 2.33 bits per heavy atom. The highest BCUT2D eigenvalue weighted by molar-refractivity contribution is 5.98. The van der Waals surface area contributed by atoms with E-state index in [1.165, 1.54) is 0 Å². The van der Waals surface area contributed by atoms with Crippen LogP contribution < -0.4 is 5.32 Å². The molecular formula is C10H25NO3Si. The summed E-state index contributed by atoms with van der Waals surface area (Å²) in [7, 11) is 3.86. The number of ether oxygens (including phenoxy) is 2. The Morgan fingerprint density at radius 2 is 1.93 bits per heavy atom. The van der Waals surface area contributed by atoms with Crippen molar-refractivity contribution in [3.63, 3.8) is 0 Å². The average molecular weight is 235 g/mol. The first kappa shape index (κ1) is 15.1. The number of nitrogens with one attached hydrogen (secondary N) is 1. The summed E-state index contributed by atoms with van der Waals surface area (Å²) < 4.78 is 15.9. The fourth-order valence-electron chi connectivity index (χ4n) is 1.47. The van der Waals surface area contributed by atoms with E-state index in [0.29, 0.717) is 16.4 Å². The molecule has 0 radical (unpaired) electrons. The van der Waals surface area contributed by atoms with E-state index in [9.17, 15) is 0 Å². The van der Waals surface area contributed by atoms with Crippen LogP contribution in [0.15, 0.2) is 0 Å². The van der Waals surface area contributed by atoms with Crippen molar-refractivity contribution in [1.29, 1.82) is 0 Å². The lowest BCUT2D eigenvalue weighted by atomic mass is 10.0. The molecule has 1 unspecified atom stereocenters. The topological polar surface area (TPSA) is 39.7 Å². The first-order chi connectivity index (χ1) is 7.14. The smallest absolute Gasteiger partial charge is 0.272 e. The first-order valence-corrected chi connectivity index (χ1v) is 6.32. The van der Waals surface area contributed by atoms with Gasteiger partial charge in [-0.1, -0.05) is 13.8 Å². The zero-order chi connectivity index (χ0) is 11.7. The molecule has 0 rings (SSSR count). The predicted molar refractivity (Wildman–Crippen MR) is 64.7 cm³/mol. The standard InChI is InChI=1S/C10H25NO3Si/c1-5-11-8-9(2)6-7-10(12-3,13-4)14-15/h9,11H,5-8H2,1-4,15H3. The van der Waals surface area contributed by atoms with E-state index < -0.39 is 5.97 Å². The molecule has 0 aromatic carbocycles. The molecule has 0 aliphatic carbocycles. The van der Waals surface area contributed by atoms with Crippen molar-refractivity contribution in [2.75, 3.05) is 27.3 Å². The van der Waals surface area contributed by atoms with Gasteiger partial charge in [-0.05, 0) is 25.4 Å². The summed E-state index contributed by atoms with van der Waals surface area (Å²) in [5.74, 6) is -0.210. The summed E-state index contributed by atoms with van der Waals surface area (Å²) in [6.45, 7) is 6.37. The van der Waals surface area contributed by atoms with Gasteiger partial charge in [-0.2, -0.15) is 0 Å².